The van der Waals surface area contributed by atoms with E-state index in [-0.39, 0.29) is 5.57 Å². The second-order valence-electron chi connectivity index (χ2n) is 7.77. The van der Waals surface area contributed by atoms with Gasteiger partial charge in [-0.25, -0.2) is 17.6 Å². The molecule has 2 atom stereocenters. The Morgan fingerprint density at radius 1 is 1.06 bits per heavy atom. The van der Waals surface area contributed by atoms with Crippen molar-refractivity contribution < 1.29 is 44.3 Å². The minimum absolute atomic E-state index is 0.0742. The third-order valence-electron chi connectivity index (χ3n) is 5.30. The van der Waals surface area contributed by atoms with Crippen molar-refractivity contribution in [3.05, 3.63) is 83.0 Å². The van der Waals surface area contributed by atoms with Gasteiger partial charge >= 0.3 is 12.3 Å². The molecule has 1 aliphatic carbocycles. The van der Waals surface area contributed by atoms with Gasteiger partial charge in [-0.3, -0.25) is 0 Å². The number of aryl methyl sites for hydroxylation is 1. The molecule has 0 heterocycles. The molecule has 34 heavy (non-hydrogen) atoms. The summed E-state index contributed by atoms with van der Waals surface area (Å²) in [6, 6.07) is 7.67. The van der Waals surface area contributed by atoms with E-state index in [9.17, 15) is 30.7 Å². The molecule has 10 heteroatoms. The van der Waals surface area contributed by atoms with Gasteiger partial charge in [0.25, 0.3) is 6.17 Å². The molecule has 2 aromatic rings. The fourth-order valence-electron chi connectivity index (χ4n) is 3.71. The highest BCUT2D eigenvalue weighted by Gasteiger charge is 2.60. The maximum absolute atomic E-state index is 16.3. The van der Waals surface area contributed by atoms with Crippen LogP contribution >= 0.6 is 0 Å². The number of hydrogen-bond acceptors (Lipinski definition) is 1. The number of alkyl halides is 7. The minimum Gasteiger partial charge on any atom is -0.424 e. The summed E-state index contributed by atoms with van der Waals surface area (Å²) < 4.78 is 127. The zero-order valence-electron chi connectivity index (χ0n) is 17.7. The van der Waals surface area contributed by atoms with Crippen LogP contribution in [-0.2, 0) is 12.1 Å². The Bertz CT molecular complexity index is 1100. The molecule has 0 fully saturated rings. The van der Waals surface area contributed by atoms with E-state index >= 15 is 8.78 Å². The Balaban J connectivity index is 2.08. The molecule has 0 aromatic heterocycles. The maximum atomic E-state index is 16.3. The van der Waals surface area contributed by atoms with Crippen LogP contribution in [-0.4, -0.2) is 18.5 Å². The maximum Gasteiger partial charge on any atom is 0.439 e. The van der Waals surface area contributed by atoms with Gasteiger partial charge < -0.3 is 4.74 Å². The fraction of sp³-hybridized carbons (Fsp3) is 0.333. The monoisotopic (exact) mass is 494 g/mol. The molecular formula is C24H19F9O. The van der Waals surface area contributed by atoms with Crippen LogP contribution in [0.25, 0.3) is 5.57 Å². The van der Waals surface area contributed by atoms with E-state index in [1.807, 2.05) is 6.92 Å². The van der Waals surface area contributed by atoms with Crippen LogP contribution in [0.1, 0.15) is 36.5 Å². The highest BCUT2D eigenvalue weighted by molar-refractivity contribution is 5.77. The average molecular weight is 494 g/mol. The summed E-state index contributed by atoms with van der Waals surface area (Å²) in [5.74, 6) is -5.86. The van der Waals surface area contributed by atoms with Crippen LogP contribution in [0, 0.1) is 11.6 Å². The highest BCUT2D eigenvalue weighted by atomic mass is 19.4. The van der Waals surface area contributed by atoms with Crippen LogP contribution in [0.2, 0.25) is 0 Å². The predicted molar refractivity (Wildman–Crippen MR) is 108 cm³/mol. The molecule has 184 valence electrons. The van der Waals surface area contributed by atoms with Crippen molar-refractivity contribution in [2.45, 2.75) is 50.3 Å². The van der Waals surface area contributed by atoms with Gasteiger partial charge in [-0.1, -0.05) is 55.8 Å². The largest absolute Gasteiger partial charge is 0.439 e. The molecule has 0 bridgehead atoms. The molecule has 3 rings (SSSR count). The van der Waals surface area contributed by atoms with Crippen LogP contribution in [0.4, 0.5) is 39.5 Å². The first-order valence-corrected chi connectivity index (χ1v) is 10.2. The topological polar surface area (TPSA) is 9.23 Å². The number of allylic oxidation sites excluding steroid dienone is 4. The van der Waals surface area contributed by atoms with E-state index in [1.54, 1.807) is 24.3 Å². The summed E-state index contributed by atoms with van der Waals surface area (Å²) in [4.78, 5) is 0. The first-order chi connectivity index (χ1) is 15.8. The van der Waals surface area contributed by atoms with Crippen molar-refractivity contribution in [2.24, 2.45) is 0 Å². The first-order valence-electron chi connectivity index (χ1n) is 10.2. The molecule has 2 aromatic carbocycles. The molecular weight excluding hydrogens is 475 g/mol. The summed E-state index contributed by atoms with van der Waals surface area (Å²) in [5.41, 5.74) is -2.53. The van der Waals surface area contributed by atoms with Crippen LogP contribution in [0.5, 0.6) is 5.75 Å². The van der Waals surface area contributed by atoms with Gasteiger partial charge in [0.05, 0.1) is 0 Å². The van der Waals surface area contributed by atoms with Crippen LogP contribution in [0.15, 0.2) is 54.6 Å². The SMILES string of the molecule is CCCc1cccc(C2=CC=CCC2(F)c2ccc(F)c(OC(F)(F)C(F)C(F)(F)F)c2F)c1. The Kier molecular flexibility index (Phi) is 7.10. The molecule has 0 spiro atoms. The zero-order valence-corrected chi connectivity index (χ0v) is 17.7. The van der Waals surface area contributed by atoms with Crippen molar-refractivity contribution in [1.29, 1.82) is 0 Å². The summed E-state index contributed by atoms with van der Waals surface area (Å²) in [5, 5.41) is 0. The van der Waals surface area contributed by atoms with Crippen molar-refractivity contribution in [1.82, 2.24) is 0 Å². The number of benzene rings is 2. The second kappa shape index (κ2) is 9.38. The van der Waals surface area contributed by atoms with Gasteiger partial charge in [0.1, 0.15) is 0 Å². The molecule has 2 unspecified atom stereocenters. The highest BCUT2D eigenvalue weighted by Crippen LogP contribution is 2.48. The van der Waals surface area contributed by atoms with E-state index in [4.69, 9.17) is 0 Å². The average Bonchev–Trinajstić information content (AvgIpc) is 2.76. The molecule has 0 aliphatic heterocycles. The van der Waals surface area contributed by atoms with Gasteiger partial charge in [-0.15, -0.1) is 0 Å². The fourth-order valence-corrected chi connectivity index (χ4v) is 3.71. The lowest BCUT2D eigenvalue weighted by Crippen LogP contribution is -2.46. The van der Waals surface area contributed by atoms with Crippen molar-refractivity contribution in [3.8, 4) is 5.75 Å². The molecule has 0 radical (unpaired) electrons. The number of ether oxygens (including phenoxy) is 1. The minimum atomic E-state index is -6.07. The third-order valence-corrected chi connectivity index (χ3v) is 5.30. The summed E-state index contributed by atoms with van der Waals surface area (Å²) >= 11 is 0. The first kappa shape index (κ1) is 25.7. The molecule has 0 saturated heterocycles. The Hall–Kier alpha value is -2.91. The Labute approximate surface area is 189 Å². The lowest BCUT2D eigenvalue weighted by atomic mass is 9.78. The number of halogens is 9. The smallest absolute Gasteiger partial charge is 0.424 e. The van der Waals surface area contributed by atoms with Gasteiger partial charge in [-0.2, -0.15) is 22.0 Å². The Morgan fingerprint density at radius 3 is 2.41 bits per heavy atom. The van der Waals surface area contributed by atoms with E-state index < -0.39 is 53.5 Å². The third kappa shape index (κ3) is 4.95. The molecule has 0 N–H and O–H groups in total. The van der Waals surface area contributed by atoms with Crippen LogP contribution < -0.4 is 4.74 Å². The molecule has 1 aliphatic rings. The normalized spacial score (nSPS) is 19.6. The van der Waals surface area contributed by atoms with E-state index in [0.717, 1.165) is 12.0 Å². The van der Waals surface area contributed by atoms with E-state index in [2.05, 4.69) is 4.74 Å². The number of hydrogen-bond donors (Lipinski definition) is 0. The van der Waals surface area contributed by atoms with E-state index in [1.165, 1.54) is 18.2 Å². The van der Waals surface area contributed by atoms with Gasteiger partial charge in [0.2, 0.25) is 0 Å². The summed E-state index contributed by atoms with van der Waals surface area (Å²) in [7, 11) is 0. The quantitative estimate of drug-likeness (QED) is 0.355. The van der Waals surface area contributed by atoms with Gasteiger partial charge in [0.15, 0.2) is 23.1 Å². The van der Waals surface area contributed by atoms with Gasteiger partial charge in [0, 0.05) is 17.6 Å². The molecule has 0 amide bonds. The van der Waals surface area contributed by atoms with E-state index in [0.29, 0.717) is 24.1 Å². The lowest BCUT2D eigenvalue weighted by molar-refractivity contribution is -0.306. The number of rotatable bonds is 7. The standard InChI is InChI=1S/C24H19F9O/c1-2-6-14-7-5-8-15(13-14)16-9-3-4-12-22(16,28)17-10-11-18(25)20(19(17)26)34-24(32,33)21(27)23(29,30)31/h3-5,7-11,13,21H,2,6,12H2,1H3. The Morgan fingerprint density at radius 2 is 1.76 bits per heavy atom. The second-order valence-corrected chi connectivity index (χ2v) is 7.77. The molecule has 0 saturated carbocycles. The van der Waals surface area contributed by atoms with Crippen LogP contribution in [0.3, 0.4) is 0 Å². The summed E-state index contributed by atoms with van der Waals surface area (Å²) in [6.45, 7) is 1.93. The van der Waals surface area contributed by atoms with Crippen molar-refractivity contribution in [2.75, 3.05) is 0 Å². The molecule has 1 nitrogen and oxygen atoms in total. The lowest BCUT2D eigenvalue weighted by Gasteiger charge is -2.31. The van der Waals surface area contributed by atoms with Gasteiger partial charge in [-0.05, 0) is 29.7 Å². The predicted octanol–water partition coefficient (Wildman–Crippen LogP) is 8.00. The zero-order chi connectivity index (χ0) is 25.3. The van der Waals surface area contributed by atoms with Crippen molar-refractivity contribution in [3.63, 3.8) is 0 Å². The van der Waals surface area contributed by atoms with Crippen molar-refractivity contribution >= 4 is 5.57 Å². The summed E-state index contributed by atoms with van der Waals surface area (Å²) in [6.07, 6.45) is -11.5.